The van der Waals surface area contributed by atoms with Crippen LogP contribution in [0.4, 0.5) is 18.9 Å². The summed E-state index contributed by atoms with van der Waals surface area (Å²) in [5.41, 5.74) is 1.64. The number of fused-ring (bicyclic) bond motifs is 1. The number of amides is 1. The van der Waals surface area contributed by atoms with Crippen LogP contribution in [-0.4, -0.2) is 28.0 Å². The van der Waals surface area contributed by atoms with Crippen molar-refractivity contribution >= 4 is 28.6 Å². The lowest BCUT2D eigenvalue weighted by Crippen LogP contribution is -2.25. The maximum absolute atomic E-state index is 13.2. The van der Waals surface area contributed by atoms with E-state index in [-0.39, 0.29) is 11.0 Å². The molecule has 0 radical (unpaired) electrons. The SMILES string of the molecule is Cc1ccccc1NC(=O)COC(=O)Cn1c(C(F)(F)F)nc2ccccc21. The summed E-state index contributed by atoms with van der Waals surface area (Å²) in [6.45, 7) is 0.471. The van der Waals surface area contributed by atoms with Gasteiger partial charge in [0.2, 0.25) is 5.82 Å². The maximum Gasteiger partial charge on any atom is 0.449 e. The second-order valence-electron chi connectivity index (χ2n) is 6.03. The standard InChI is InChI=1S/C19H16F3N3O3/c1-12-6-2-3-7-13(12)23-16(26)11-28-17(27)10-25-15-9-5-4-8-14(15)24-18(25)19(20,21)22/h2-9H,10-11H2,1H3,(H,23,26). The fourth-order valence-corrected chi connectivity index (χ4v) is 2.67. The Morgan fingerprint density at radius 2 is 1.79 bits per heavy atom. The molecule has 28 heavy (non-hydrogen) atoms. The Kier molecular flexibility index (Phi) is 5.34. The molecule has 0 aliphatic rings. The molecular weight excluding hydrogens is 375 g/mol. The molecule has 146 valence electrons. The molecule has 0 spiro atoms. The Balaban J connectivity index is 1.68. The zero-order valence-electron chi connectivity index (χ0n) is 14.8. The number of nitrogens with zero attached hydrogens (tertiary/aromatic N) is 2. The number of anilines is 1. The number of rotatable bonds is 5. The predicted molar refractivity (Wildman–Crippen MR) is 95.5 cm³/mol. The number of esters is 1. The molecule has 9 heteroatoms. The highest BCUT2D eigenvalue weighted by atomic mass is 19.4. The van der Waals surface area contributed by atoms with Crippen molar-refractivity contribution in [3.63, 3.8) is 0 Å². The average Bonchev–Trinajstić information content (AvgIpc) is 3.01. The van der Waals surface area contributed by atoms with Crippen LogP contribution in [0.5, 0.6) is 0 Å². The third-order valence-electron chi connectivity index (χ3n) is 3.98. The molecule has 1 aromatic heterocycles. The van der Waals surface area contributed by atoms with Crippen molar-refractivity contribution in [3.8, 4) is 0 Å². The number of aromatic nitrogens is 2. The van der Waals surface area contributed by atoms with Gasteiger partial charge < -0.3 is 14.6 Å². The smallest absolute Gasteiger partial charge is 0.449 e. The number of carbonyl (C=O) groups is 2. The Bertz CT molecular complexity index is 1030. The van der Waals surface area contributed by atoms with Crippen LogP contribution in [0.2, 0.25) is 0 Å². The lowest BCUT2D eigenvalue weighted by atomic mass is 10.2. The Morgan fingerprint density at radius 3 is 2.50 bits per heavy atom. The van der Waals surface area contributed by atoms with Gasteiger partial charge in [0.25, 0.3) is 5.91 Å². The molecule has 0 saturated carbocycles. The zero-order chi connectivity index (χ0) is 20.3. The molecule has 0 unspecified atom stereocenters. The van der Waals surface area contributed by atoms with Gasteiger partial charge in [-0.25, -0.2) is 4.98 Å². The number of benzene rings is 2. The minimum Gasteiger partial charge on any atom is -0.454 e. The van der Waals surface area contributed by atoms with Gasteiger partial charge in [-0.1, -0.05) is 30.3 Å². The maximum atomic E-state index is 13.2. The van der Waals surface area contributed by atoms with Crippen molar-refractivity contribution in [1.29, 1.82) is 0 Å². The van der Waals surface area contributed by atoms with E-state index in [0.717, 1.165) is 10.1 Å². The largest absolute Gasteiger partial charge is 0.454 e. The van der Waals surface area contributed by atoms with Crippen LogP contribution >= 0.6 is 0 Å². The number of nitrogens with one attached hydrogen (secondary N) is 1. The number of imidazole rings is 1. The Hall–Kier alpha value is -3.36. The van der Waals surface area contributed by atoms with E-state index in [2.05, 4.69) is 10.3 Å². The number of alkyl halides is 3. The summed E-state index contributed by atoms with van der Waals surface area (Å²) in [6.07, 6.45) is -4.73. The molecule has 3 rings (SSSR count). The van der Waals surface area contributed by atoms with E-state index in [1.165, 1.54) is 12.1 Å². The molecular formula is C19H16F3N3O3. The molecule has 3 aromatic rings. The van der Waals surface area contributed by atoms with Crippen LogP contribution in [0.3, 0.4) is 0 Å². The van der Waals surface area contributed by atoms with E-state index in [0.29, 0.717) is 5.69 Å². The van der Waals surface area contributed by atoms with Gasteiger partial charge in [0.15, 0.2) is 6.61 Å². The van der Waals surface area contributed by atoms with Gasteiger partial charge in [-0.15, -0.1) is 0 Å². The van der Waals surface area contributed by atoms with E-state index in [9.17, 15) is 22.8 Å². The topological polar surface area (TPSA) is 73.2 Å². The van der Waals surface area contributed by atoms with E-state index in [1.807, 2.05) is 0 Å². The van der Waals surface area contributed by atoms with Crippen molar-refractivity contribution in [3.05, 3.63) is 59.9 Å². The van der Waals surface area contributed by atoms with Crippen molar-refractivity contribution in [1.82, 2.24) is 9.55 Å². The van der Waals surface area contributed by atoms with Crippen LogP contribution in [0.15, 0.2) is 48.5 Å². The summed E-state index contributed by atoms with van der Waals surface area (Å²) in [5.74, 6) is -2.77. The second-order valence-corrected chi connectivity index (χ2v) is 6.03. The van der Waals surface area contributed by atoms with Crippen LogP contribution in [-0.2, 0) is 27.0 Å². The minimum atomic E-state index is -4.73. The van der Waals surface area contributed by atoms with Crippen molar-refractivity contribution in [2.75, 3.05) is 11.9 Å². The summed E-state index contributed by atoms with van der Waals surface area (Å²) in [6, 6.07) is 13.0. The summed E-state index contributed by atoms with van der Waals surface area (Å²) < 4.78 is 45.3. The number of hydrogen-bond donors (Lipinski definition) is 1. The van der Waals surface area contributed by atoms with Gasteiger partial charge in [0.05, 0.1) is 11.0 Å². The van der Waals surface area contributed by atoms with Gasteiger partial charge in [-0.3, -0.25) is 9.59 Å². The Morgan fingerprint density at radius 1 is 1.11 bits per heavy atom. The first-order chi connectivity index (χ1) is 13.3. The molecule has 0 aliphatic carbocycles. The van der Waals surface area contributed by atoms with Crippen LogP contribution in [0.1, 0.15) is 11.4 Å². The fraction of sp³-hybridized carbons (Fsp3) is 0.211. The van der Waals surface area contributed by atoms with Crippen LogP contribution < -0.4 is 5.32 Å². The van der Waals surface area contributed by atoms with E-state index < -0.39 is 37.0 Å². The first kappa shape index (κ1) is 19.4. The van der Waals surface area contributed by atoms with Crippen LogP contribution in [0.25, 0.3) is 11.0 Å². The number of ether oxygens (including phenoxy) is 1. The summed E-state index contributed by atoms with van der Waals surface area (Å²) in [7, 11) is 0. The van der Waals surface area contributed by atoms with Gasteiger partial charge in [0.1, 0.15) is 6.54 Å². The minimum absolute atomic E-state index is 0.111. The normalized spacial score (nSPS) is 11.4. The van der Waals surface area contributed by atoms with E-state index in [1.54, 1.807) is 43.3 Å². The monoisotopic (exact) mass is 391 g/mol. The number of para-hydroxylation sites is 3. The van der Waals surface area contributed by atoms with Gasteiger partial charge in [-0.2, -0.15) is 13.2 Å². The van der Waals surface area contributed by atoms with Gasteiger partial charge in [-0.05, 0) is 30.7 Å². The van der Waals surface area contributed by atoms with Crippen molar-refractivity contribution in [2.24, 2.45) is 0 Å². The number of hydrogen-bond acceptors (Lipinski definition) is 4. The number of carbonyl (C=O) groups excluding carboxylic acids is 2. The third kappa shape index (κ3) is 4.30. The highest BCUT2D eigenvalue weighted by molar-refractivity contribution is 5.93. The molecule has 0 aliphatic heterocycles. The molecule has 6 nitrogen and oxygen atoms in total. The first-order valence-corrected chi connectivity index (χ1v) is 8.29. The fourth-order valence-electron chi connectivity index (χ4n) is 2.67. The highest BCUT2D eigenvalue weighted by Crippen LogP contribution is 2.31. The molecule has 0 fully saturated rings. The third-order valence-corrected chi connectivity index (χ3v) is 3.98. The Labute approximate surface area is 157 Å². The van der Waals surface area contributed by atoms with Gasteiger partial charge >= 0.3 is 12.1 Å². The quantitative estimate of drug-likeness (QED) is 0.675. The van der Waals surface area contributed by atoms with Gasteiger partial charge in [0, 0.05) is 5.69 Å². The van der Waals surface area contributed by atoms with Crippen molar-refractivity contribution in [2.45, 2.75) is 19.6 Å². The molecule has 0 bridgehead atoms. The molecule has 0 saturated heterocycles. The lowest BCUT2D eigenvalue weighted by Gasteiger charge is -2.12. The molecule has 1 heterocycles. The van der Waals surface area contributed by atoms with Crippen molar-refractivity contribution < 1.29 is 27.5 Å². The molecule has 1 amide bonds. The zero-order valence-corrected chi connectivity index (χ0v) is 14.8. The number of halogens is 3. The lowest BCUT2D eigenvalue weighted by molar-refractivity contribution is -0.152. The number of aryl methyl sites for hydroxylation is 1. The summed E-state index contributed by atoms with van der Waals surface area (Å²) in [5, 5.41) is 2.57. The second kappa shape index (κ2) is 7.71. The van der Waals surface area contributed by atoms with E-state index >= 15 is 0 Å². The van der Waals surface area contributed by atoms with E-state index in [4.69, 9.17) is 4.74 Å². The molecule has 2 aromatic carbocycles. The van der Waals surface area contributed by atoms with Crippen LogP contribution in [0, 0.1) is 6.92 Å². The summed E-state index contributed by atoms with van der Waals surface area (Å²) in [4.78, 5) is 27.5. The first-order valence-electron chi connectivity index (χ1n) is 8.29. The average molecular weight is 391 g/mol. The summed E-state index contributed by atoms with van der Waals surface area (Å²) >= 11 is 0. The molecule has 0 atom stereocenters. The predicted octanol–water partition coefficient (Wildman–Crippen LogP) is 3.55. The molecule has 1 N–H and O–H groups in total. The highest BCUT2D eigenvalue weighted by Gasteiger charge is 2.38.